The molecule has 28 heavy (non-hydrogen) atoms. The van der Waals surface area contributed by atoms with Crippen LogP contribution in [0.3, 0.4) is 0 Å². The SMILES string of the molecule is Cc1cccc(C(=O)N/N=C\c2cccc(OC(=O)c3ccc(Cl)cc3)c2)c1. The largest absolute Gasteiger partial charge is 0.423 e. The number of carbonyl (C=O) groups excluding carboxylic acids is 2. The monoisotopic (exact) mass is 392 g/mol. The lowest BCUT2D eigenvalue weighted by Crippen LogP contribution is -2.17. The average molecular weight is 393 g/mol. The molecule has 5 nitrogen and oxygen atoms in total. The van der Waals surface area contributed by atoms with Crippen molar-refractivity contribution >= 4 is 29.7 Å². The van der Waals surface area contributed by atoms with E-state index in [9.17, 15) is 9.59 Å². The van der Waals surface area contributed by atoms with Crippen molar-refractivity contribution < 1.29 is 14.3 Å². The topological polar surface area (TPSA) is 67.8 Å². The molecular weight excluding hydrogens is 376 g/mol. The maximum Gasteiger partial charge on any atom is 0.343 e. The number of benzene rings is 3. The third-order valence-electron chi connectivity index (χ3n) is 3.81. The average Bonchev–Trinajstić information content (AvgIpc) is 2.68. The van der Waals surface area contributed by atoms with E-state index >= 15 is 0 Å². The van der Waals surface area contributed by atoms with Gasteiger partial charge in [-0.25, -0.2) is 10.2 Å². The number of hydrazone groups is 1. The molecule has 1 N–H and O–H groups in total. The standard InChI is InChI=1S/C22H17ClN2O3/c1-15-4-2-6-18(12-15)21(26)25-24-14-16-5-3-7-20(13-16)28-22(27)17-8-10-19(23)11-9-17/h2-14H,1H3,(H,25,26)/b24-14-. The molecule has 0 aliphatic rings. The number of nitrogens with one attached hydrogen (secondary N) is 1. The molecule has 0 heterocycles. The van der Waals surface area contributed by atoms with E-state index in [2.05, 4.69) is 10.5 Å². The van der Waals surface area contributed by atoms with Crippen LogP contribution >= 0.6 is 11.6 Å². The van der Waals surface area contributed by atoms with Gasteiger partial charge in [0.1, 0.15) is 5.75 Å². The molecule has 140 valence electrons. The number of carbonyl (C=O) groups is 2. The zero-order valence-corrected chi connectivity index (χ0v) is 15.8. The maximum absolute atomic E-state index is 12.2. The van der Waals surface area contributed by atoms with Gasteiger partial charge >= 0.3 is 5.97 Å². The number of halogens is 1. The van der Waals surface area contributed by atoms with Crippen molar-refractivity contribution in [2.45, 2.75) is 6.92 Å². The van der Waals surface area contributed by atoms with E-state index in [0.29, 0.717) is 27.5 Å². The highest BCUT2D eigenvalue weighted by molar-refractivity contribution is 6.30. The molecule has 3 aromatic carbocycles. The third kappa shape index (κ3) is 5.28. The lowest BCUT2D eigenvalue weighted by molar-refractivity contribution is 0.0734. The second kappa shape index (κ2) is 8.97. The number of aryl methyl sites for hydroxylation is 1. The molecule has 0 radical (unpaired) electrons. The zero-order chi connectivity index (χ0) is 19.9. The number of nitrogens with zero attached hydrogens (tertiary/aromatic N) is 1. The zero-order valence-electron chi connectivity index (χ0n) is 15.1. The van der Waals surface area contributed by atoms with Gasteiger partial charge in [0.05, 0.1) is 11.8 Å². The highest BCUT2D eigenvalue weighted by Crippen LogP contribution is 2.16. The molecule has 0 aliphatic heterocycles. The second-order valence-electron chi connectivity index (χ2n) is 6.04. The van der Waals surface area contributed by atoms with Crippen LogP contribution in [0, 0.1) is 6.92 Å². The Hall–Kier alpha value is -3.44. The summed E-state index contributed by atoms with van der Waals surface area (Å²) in [7, 11) is 0. The van der Waals surface area contributed by atoms with Gasteiger partial charge in [-0.1, -0.05) is 41.4 Å². The van der Waals surface area contributed by atoms with Crippen LogP contribution in [0.4, 0.5) is 0 Å². The van der Waals surface area contributed by atoms with E-state index in [4.69, 9.17) is 16.3 Å². The first-order valence-electron chi connectivity index (χ1n) is 8.49. The fraction of sp³-hybridized carbons (Fsp3) is 0.0455. The minimum atomic E-state index is -0.487. The molecule has 0 saturated heterocycles. The number of amides is 1. The van der Waals surface area contributed by atoms with Crippen LogP contribution in [0.5, 0.6) is 5.75 Å². The van der Waals surface area contributed by atoms with E-state index in [-0.39, 0.29) is 5.91 Å². The third-order valence-corrected chi connectivity index (χ3v) is 4.06. The molecule has 0 aromatic heterocycles. The lowest BCUT2D eigenvalue weighted by Gasteiger charge is -2.05. The summed E-state index contributed by atoms with van der Waals surface area (Å²) >= 11 is 5.82. The molecule has 0 atom stereocenters. The summed E-state index contributed by atoms with van der Waals surface area (Å²) in [5, 5.41) is 4.50. The number of hydrogen-bond acceptors (Lipinski definition) is 4. The van der Waals surface area contributed by atoms with Crippen molar-refractivity contribution in [1.82, 2.24) is 5.43 Å². The predicted molar refractivity (Wildman–Crippen MR) is 109 cm³/mol. The minimum absolute atomic E-state index is 0.301. The molecule has 6 heteroatoms. The molecule has 0 fully saturated rings. The molecule has 0 unspecified atom stereocenters. The Labute approximate surface area is 167 Å². The Bertz CT molecular complexity index is 1030. The fourth-order valence-electron chi connectivity index (χ4n) is 2.43. The Balaban J connectivity index is 1.62. The normalized spacial score (nSPS) is 10.6. The quantitative estimate of drug-likeness (QED) is 0.298. The van der Waals surface area contributed by atoms with Crippen molar-refractivity contribution in [3.63, 3.8) is 0 Å². The molecule has 3 aromatic rings. The molecule has 0 spiro atoms. The summed E-state index contributed by atoms with van der Waals surface area (Å²) in [6.45, 7) is 1.91. The van der Waals surface area contributed by atoms with Gasteiger partial charge in [0.15, 0.2) is 0 Å². The summed E-state index contributed by atoms with van der Waals surface area (Å²) < 4.78 is 5.36. The fourth-order valence-corrected chi connectivity index (χ4v) is 2.55. The smallest absolute Gasteiger partial charge is 0.343 e. The molecule has 3 rings (SSSR count). The Morgan fingerprint density at radius 2 is 1.71 bits per heavy atom. The first-order valence-corrected chi connectivity index (χ1v) is 8.87. The lowest BCUT2D eigenvalue weighted by atomic mass is 10.1. The van der Waals surface area contributed by atoms with Gasteiger partial charge in [0, 0.05) is 10.6 Å². The minimum Gasteiger partial charge on any atom is -0.423 e. The predicted octanol–water partition coefficient (Wildman–Crippen LogP) is 4.63. The molecule has 1 amide bonds. The van der Waals surface area contributed by atoms with E-state index in [1.165, 1.54) is 6.21 Å². The van der Waals surface area contributed by atoms with Gasteiger partial charge in [0.25, 0.3) is 5.91 Å². The van der Waals surface area contributed by atoms with Crippen LogP contribution in [0.25, 0.3) is 0 Å². The number of ether oxygens (including phenoxy) is 1. The van der Waals surface area contributed by atoms with Crippen molar-refractivity contribution in [3.8, 4) is 5.75 Å². The summed E-state index contributed by atoms with van der Waals surface area (Å²) in [6.07, 6.45) is 1.48. The van der Waals surface area contributed by atoms with Gasteiger partial charge in [-0.3, -0.25) is 4.79 Å². The van der Waals surface area contributed by atoms with Crippen LogP contribution in [-0.4, -0.2) is 18.1 Å². The van der Waals surface area contributed by atoms with Crippen molar-refractivity contribution in [2.24, 2.45) is 5.10 Å². The Kier molecular flexibility index (Phi) is 6.19. The van der Waals surface area contributed by atoms with E-state index < -0.39 is 5.97 Å². The Morgan fingerprint density at radius 3 is 2.46 bits per heavy atom. The van der Waals surface area contributed by atoms with Crippen LogP contribution in [0.2, 0.25) is 5.02 Å². The van der Waals surface area contributed by atoms with Crippen molar-refractivity contribution in [3.05, 3.63) is 100 Å². The first kappa shape index (κ1) is 19.3. The van der Waals surface area contributed by atoms with E-state index in [1.807, 2.05) is 19.1 Å². The number of esters is 1. The molecular formula is C22H17ClN2O3. The maximum atomic E-state index is 12.2. The highest BCUT2D eigenvalue weighted by atomic mass is 35.5. The van der Waals surface area contributed by atoms with E-state index in [1.54, 1.807) is 60.7 Å². The number of rotatable bonds is 5. The van der Waals surface area contributed by atoms with Crippen LogP contribution in [0.1, 0.15) is 31.8 Å². The molecule has 0 saturated carbocycles. The first-order chi connectivity index (χ1) is 13.5. The van der Waals surface area contributed by atoms with Gasteiger partial charge < -0.3 is 4.74 Å². The molecule has 0 aliphatic carbocycles. The van der Waals surface area contributed by atoms with Gasteiger partial charge in [0.2, 0.25) is 0 Å². The number of hydrogen-bond donors (Lipinski definition) is 1. The second-order valence-corrected chi connectivity index (χ2v) is 6.47. The summed E-state index contributed by atoms with van der Waals surface area (Å²) in [6, 6.07) is 20.5. The van der Waals surface area contributed by atoms with Crippen molar-refractivity contribution in [2.75, 3.05) is 0 Å². The summed E-state index contributed by atoms with van der Waals surface area (Å²) in [4.78, 5) is 24.2. The van der Waals surface area contributed by atoms with Crippen LogP contribution < -0.4 is 10.2 Å². The Morgan fingerprint density at radius 1 is 0.964 bits per heavy atom. The highest BCUT2D eigenvalue weighted by Gasteiger charge is 2.08. The van der Waals surface area contributed by atoms with E-state index in [0.717, 1.165) is 5.56 Å². The summed E-state index contributed by atoms with van der Waals surface area (Å²) in [5.74, 6) is -0.419. The van der Waals surface area contributed by atoms with Gasteiger partial charge in [-0.2, -0.15) is 5.10 Å². The van der Waals surface area contributed by atoms with Crippen LogP contribution in [-0.2, 0) is 0 Å². The van der Waals surface area contributed by atoms with Crippen LogP contribution in [0.15, 0.2) is 77.9 Å². The molecule has 0 bridgehead atoms. The summed E-state index contributed by atoms with van der Waals surface area (Å²) in [5.41, 5.74) is 5.07. The van der Waals surface area contributed by atoms with Crippen molar-refractivity contribution in [1.29, 1.82) is 0 Å². The van der Waals surface area contributed by atoms with Gasteiger partial charge in [-0.05, 0) is 61.0 Å². The van der Waals surface area contributed by atoms with Gasteiger partial charge in [-0.15, -0.1) is 0 Å².